The largest absolute Gasteiger partial charge is 0.315 e. The van der Waals surface area contributed by atoms with Crippen molar-refractivity contribution in [3.63, 3.8) is 0 Å². The molecular formula is C14H25BrN4S. The Bertz CT molecular complexity index is 449. The molecule has 1 aromatic rings. The molecule has 1 aromatic heterocycles. The van der Waals surface area contributed by atoms with Crippen molar-refractivity contribution in [1.82, 2.24) is 20.0 Å². The summed E-state index contributed by atoms with van der Waals surface area (Å²) < 4.78 is 3.30. The standard InChI is InChI=1S/C14H25BrN4S/c1-5-19-12(14(15)10(2)17-19)8-11(16-3)13-9-20-7-6-18(13)4/h11,13,16H,5-9H2,1-4H3. The molecule has 1 N–H and O–H groups in total. The predicted octanol–water partition coefficient (Wildman–Crippen LogP) is 2.15. The van der Waals surface area contributed by atoms with Gasteiger partial charge in [0, 0.05) is 43.1 Å². The molecule has 1 saturated heterocycles. The molecule has 0 bridgehead atoms. The van der Waals surface area contributed by atoms with Gasteiger partial charge < -0.3 is 10.2 Å². The van der Waals surface area contributed by atoms with Gasteiger partial charge in [-0.1, -0.05) is 0 Å². The lowest BCUT2D eigenvalue weighted by Crippen LogP contribution is -2.53. The minimum absolute atomic E-state index is 0.463. The van der Waals surface area contributed by atoms with E-state index >= 15 is 0 Å². The number of nitrogens with one attached hydrogen (secondary N) is 1. The Hall–Kier alpha value is -0.0400. The summed E-state index contributed by atoms with van der Waals surface area (Å²) in [5, 5.41) is 8.12. The number of halogens is 1. The van der Waals surface area contributed by atoms with Gasteiger partial charge in [0.25, 0.3) is 0 Å². The van der Waals surface area contributed by atoms with E-state index in [1.165, 1.54) is 28.2 Å². The number of aromatic nitrogens is 2. The third-order valence-corrected chi connectivity index (χ3v) is 6.22. The van der Waals surface area contributed by atoms with Crippen LogP contribution < -0.4 is 5.32 Å². The van der Waals surface area contributed by atoms with Crippen LogP contribution >= 0.6 is 27.7 Å². The maximum Gasteiger partial charge on any atom is 0.0738 e. The van der Waals surface area contributed by atoms with Crippen LogP contribution in [0, 0.1) is 6.92 Å². The number of likely N-dealkylation sites (N-methyl/N-ethyl adjacent to an activating group) is 2. The van der Waals surface area contributed by atoms with Crippen molar-refractivity contribution in [1.29, 1.82) is 0 Å². The Morgan fingerprint density at radius 1 is 1.55 bits per heavy atom. The first kappa shape index (κ1) is 16.3. The monoisotopic (exact) mass is 360 g/mol. The first-order valence-corrected chi connectivity index (χ1v) is 9.20. The van der Waals surface area contributed by atoms with Gasteiger partial charge in [-0.2, -0.15) is 16.9 Å². The normalized spacial score (nSPS) is 22.1. The van der Waals surface area contributed by atoms with Gasteiger partial charge in [-0.25, -0.2) is 0 Å². The third-order valence-electron chi connectivity index (χ3n) is 4.14. The van der Waals surface area contributed by atoms with Gasteiger partial charge in [-0.05, 0) is 43.9 Å². The Kier molecular flexibility index (Phi) is 5.95. The average Bonchev–Trinajstić information content (AvgIpc) is 2.73. The molecule has 1 aliphatic rings. The van der Waals surface area contributed by atoms with Crippen LogP contribution in [0.2, 0.25) is 0 Å². The molecule has 0 amide bonds. The van der Waals surface area contributed by atoms with Gasteiger partial charge in [0.2, 0.25) is 0 Å². The molecule has 1 aliphatic heterocycles. The zero-order valence-corrected chi connectivity index (χ0v) is 15.2. The van der Waals surface area contributed by atoms with Crippen molar-refractivity contribution in [3.8, 4) is 0 Å². The maximum atomic E-state index is 4.60. The Labute approximate surface area is 134 Å². The summed E-state index contributed by atoms with van der Waals surface area (Å²) in [6, 6.07) is 1.05. The molecule has 2 heterocycles. The smallest absolute Gasteiger partial charge is 0.0738 e. The molecule has 0 spiro atoms. The average molecular weight is 361 g/mol. The van der Waals surface area contributed by atoms with Crippen LogP contribution in [0.1, 0.15) is 18.3 Å². The lowest BCUT2D eigenvalue weighted by molar-refractivity contribution is 0.217. The summed E-state index contributed by atoms with van der Waals surface area (Å²) in [5.74, 6) is 2.46. The Morgan fingerprint density at radius 3 is 2.90 bits per heavy atom. The van der Waals surface area contributed by atoms with Crippen molar-refractivity contribution in [2.75, 3.05) is 32.1 Å². The van der Waals surface area contributed by atoms with Crippen LogP contribution in [-0.2, 0) is 13.0 Å². The van der Waals surface area contributed by atoms with E-state index in [0.29, 0.717) is 12.1 Å². The second-order valence-electron chi connectivity index (χ2n) is 5.38. The molecule has 2 rings (SSSR count). The van der Waals surface area contributed by atoms with E-state index in [4.69, 9.17) is 0 Å². The van der Waals surface area contributed by atoms with Gasteiger partial charge >= 0.3 is 0 Å². The minimum atomic E-state index is 0.463. The Balaban J connectivity index is 2.17. The molecule has 1 fully saturated rings. The summed E-state index contributed by atoms with van der Waals surface area (Å²) in [7, 11) is 4.32. The van der Waals surface area contributed by atoms with E-state index in [0.717, 1.165) is 18.7 Å². The van der Waals surface area contributed by atoms with E-state index in [2.05, 4.69) is 75.6 Å². The van der Waals surface area contributed by atoms with Crippen LogP contribution in [0.15, 0.2) is 4.47 Å². The number of hydrogen-bond acceptors (Lipinski definition) is 4. The predicted molar refractivity (Wildman–Crippen MR) is 90.6 cm³/mol. The van der Waals surface area contributed by atoms with Gasteiger partial charge in [0.15, 0.2) is 0 Å². The van der Waals surface area contributed by atoms with Gasteiger partial charge in [0.1, 0.15) is 0 Å². The molecule has 2 unspecified atom stereocenters. The first-order chi connectivity index (χ1) is 9.58. The number of thioether (sulfide) groups is 1. The highest BCUT2D eigenvalue weighted by Crippen LogP contribution is 2.25. The number of rotatable bonds is 5. The van der Waals surface area contributed by atoms with Crippen molar-refractivity contribution in [2.24, 2.45) is 0 Å². The first-order valence-electron chi connectivity index (χ1n) is 7.25. The lowest BCUT2D eigenvalue weighted by atomic mass is 10.0. The number of nitrogens with zero attached hydrogens (tertiary/aromatic N) is 3. The molecule has 2 atom stereocenters. The van der Waals surface area contributed by atoms with E-state index in [-0.39, 0.29) is 0 Å². The summed E-state index contributed by atoms with van der Waals surface area (Å²) in [6.07, 6.45) is 1.02. The second kappa shape index (κ2) is 7.29. The highest BCUT2D eigenvalue weighted by atomic mass is 79.9. The van der Waals surface area contributed by atoms with Crippen molar-refractivity contribution < 1.29 is 0 Å². The van der Waals surface area contributed by atoms with E-state index < -0.39 is 0 Å². The molecule has 0 radical (unpaired) electrons. The van der Waals surface area contributed by atoms with Crippen LogP contribution in [0.25, 0.3) is 0 Å². The zero-order valence-electron chi connectivity index (χ0n) is 12.8. The highest BCUT2D eigenvalue weighted by Gasteiger charge is 2.28. The van der Waals surface area contributed by atoms with Crippen molar-refractivity contribution in [3.05, 3.63) is 15.9 Å². The molecule has 6 heteroatoms. The third kappa shape index (κ3) is 3.40. The molecule has 0 aromatic carbocycles. The number of aryl methyl sites for hydroxylation is 2. The fourth-order valence-corrected chi connectivity index (χ4v) is 4.59. The SMILES string of the molecule is CCn1nc(C)c(Br)c1CC(NC)C1CSCCN1C. The van der Waals surface area contributed by atoms with Crippen LogP contribution in [-0.4, -0.2) is 58.9 Å². The summed E-state index contributed by atoms with van der Waals surface area (Å²) in [6.45, 7) is 6.32. The molecule has 0 saturated carbocycles. The summed E-state index contributed by atoms with van der Waals surface area (Å²) in [4.78, 5) is 2.49. The zero-order chi connectivity index (χ0) is 14.7. The second-order valence-corrected chi connectivity index (χ2v) is 7.33. The molecule has 4 nitrogen and oxygen atoms in total. The fourth-order valence-electron chi connectivity index (χ4n) is 2.83. The highest BCUT2D eigenvalue weighted by molar-refractivity contribution is 9.10. The topological polar surface area (TPSA) is 33.1 Å². The molecule has 20 heavy (non-hydrogen) atoms. The molecule has 0 aliphatic carbocycles. The summed E-state index contributed by atoms with van der Waals surface area (Å²) >= 11 is 5.77. The Morgan fingerprint density at radius 2 is 2.30 bits per heavy atom. The van der Waals surface area contributed by atoms with Gasteiger partial charge in [-0.15, -0.1) is 0 Å². The van der Waals surface area contributed by atoms with Crippen molar-refractivity contribution in [2.45, 2.75) is 38.9 Å². The molecule has 114 valence electrons. The van der Waals surface area contributed by atoms with Gasteiger partial charge in [0.05, 0.1) is 15.9 Å². The van der Waals surface area contributed by atoms with E-state index in [1.807, 2.05) is 0 Å². The molecular weight excluding hydrogens is 336 g/mol. The van der Waals surface area contributed by atoms with E-state index in [9.17, 15) is 0 Å². The van der Waals surface area contributed by atoms with Crippen LogP contribution in [0.4, 0.5) is 0 Å². The van der Waals surface area contributed by atoms with Crippen molar-refractivity contribution >= 4 is 27.7 Å². The fraction of sp³-hybridized carbons (Fsp3) is 0.786. The van der Waals surface area contributed by atoms with Crippen LogP contribution in [0.3, 0.4) is 0 Å². The maximum absolute atomic E-state index is 4.60. The number of hydrogen-bond donors (Lipinski definition) is 1. The quantitative estimate of drug-likeness (QED) is 0.871. The minimum Gasteiger partial charge on any atom is -0.315 e. The van der Waals surface area contributed by atoms with E-state index in [1.54, 1.807) is 0 Å². The lowest BCUT2D eigenvalue weighted by Gasteiger charge is -2.37. The van der Waals surface area contributed by atoms with Crippen LogP contribution in [0.5, 0.6) is 0 Å². The van der Waals surface area contributed by atoms with Gasteiger partial charge in [-0.3, -0.25) is 4.68 Å². The summed E-state index contributed by atoms with van der Waals surface area (Å²) in [5.41, 5.74) is 2.40.